The molecule has 3 aromatic carbocycles. The van der Waals surface area contributed by atoms with E-state index >= 15 is 0 Å². The van der Waals surface area contributed by atoms with E-state index in [9.17, 15) is 4.79 Å². The van der Waals surface area contributed by atoms with Gasteiger partial charge in [-0.05, 0) is 66.1 Å². The first-order valence-corrected chi connectivity index (χ1v) is 11.8. The number of benzene rings is 3. The smallest absolute Gasteiger partial charge is 0.259 e. The second kappa shape index (κ2) is 10.8. The molecule has 0 aliphatic carbocycles. The summed E-state index contributed by atoms with van der Waals surface area (Å²) in [6, 6.07) is 26.9. The maximum absolute atomic E-state index is 13.5. The van der Waals surface area contributed by atoms with E-state index < -0.39 is 0 Å². The van der Waals surface area contributed by atoms with Crippen molar-refractivity contribution in [2.45, 2.75) is 6.42 Å². The minimum Gasteiger partial charge on any atom is -0.497 e. The number of hydrogen-bond donors (Lipinski definition) is 1. The van der Waals surface area contributed by atoms with E-state index in [-0.39, 0.29) is 5.91 Å². The number of methoxy groups -OCH3 is 2. The van der Waals surface area contributed by atoms with Gasteiger partial charge in [-0.1, -0.05) is 30.3 Å². The third-order valence-corrected chi connectivity index (χ3v) is 6.01. The zero-order valence-corrected chi connectivity index (χ0v) is 20.6. The molecule has 0 aliphatic heterocycles. The van der Waals surface area contributed by atoms with Crippen molar-refractivity contribution in [1.82, 2.24) is 14.8 Å². The number of nitrogens with one attached hydrogen (secondary N) is 1. The number of ether oxygens (including phenoxy) is 2. The fourth-order valence-corrected chi connectivity index (χ4v) is 4.09. The van der Waals surface area contributed by atoms with E-state index in [0.29, 0.717) is 34.0 Å². The van der Waals surface area contributed by atoms with Crippen LogP contribution in [0.5, 0.6) is 11.5 Å². The molecule has 5 rings (SSSR count). The third-order valence-electron chi connectivity index (χ3n) is 6.01. The third kappa shape index (κ3) is 5.36. The Bertz CT molecular complexity index is 1500. The van der Waals surface area contributed by atoms with E-state index in [1.165, 1.54) is 5.56 Å². The van der Waals surface area contributed by atoms with E-state index in [1.54, 1.807) is 43.6 Å². The molecule has 0 fully saturated rings. The molecule has 2 aromatic heterocycles. The summed E-state index contributed by atoms with van der Waals surface area (Å²) in [6.07, 6.45) is 6.10. The predicted octanol–water partition coefficient (Wildman–Crippen LogP) is 5.79. The Morgan fingerprint density at radius 1 is 0.865 bits per heavy atom. The topological polar surface area (TPSA) is 78.3 Å². The summed E-state index contributed by atoms with van der Waals surface area (Å²) in [5.74, 6) is 0.949. The van der Waals surface area contributed by atoms with Crippen molar-refractivity contribution in [3.05, 3.63) is 120 Å². The Morgan fingerprint density at radius 3 is 2.30 bits per heavy atom. The van der Waals surface area contributed by atoms with Crippen LogP contribution < -0.4 is 14.8 Å². The van der Waals surface area contributed by atoms with Crippen molar-refractivity contribution in [2.24, 2.45) is 0 Å². The number of hydrogen-bond acceptors (Lipinski definition) is 5. The molecule has 0 bridgehead atoms. The molecule has 1 N–H and O–H groups in total. The van der Waals surface area contributed by atoms with E-state index in [4.69, 9.17) is 14.6 Å². The van der Waals surface area contributed by atoms with Gasteiger partial charge in [0.15, 0.2) is 0 Å². The maximum atomic E-state index is 13.5. The average Bonchev–Trinajstić information content (AvgIpc) is 3.40. The first-order chi connectivity index (χ1) is 18.1. The molecule has 0 saturated heterocycles. The molecule has 37 heavy (non-hydrogen) atoms. The molecule has 7 heteroatoms. The molecule has 184 valence electrons. The predicted molar refractivity (Wildman–Crippen MR) is 144 cm³/mol. The Labute approximate surface area is 215 Å². The monoisotopic (exact) mass is 490 g/mol. The SMILES string of the molecule is COc1ccc(-c2nn(-c3ccccc3)cc2C(=O)Nc2ccc(Cc3ccncc3)cc2)c(OC)c1. The standard InChI is InChI=1S/C30H26N4O3/c1-36-25-12-13-26(28(19-25)37-2)29-27(20-34(33-29)24-6-4-3-5-7-24)30(35)32-23-10-8-21(9-11-23)18-22-14-16-31-17-15-22/h3-17,19-20H,18H2,1-2H3,(H,32,35). The van der Waals surface area contributed by atoms with Crippen molar-refractivity contribution < 1.29 is 14.3 Å². The molecule has 1 amide bonds. The molecule has 7 nitrogen and oxygen atoms in total. The second-order valence-corrected chi connectivity index (χ2v) is 8.42. The molecule has 2 heterocycles. The van der Waals surface area contributed by atoms with Crippen LogP contribution in [0.1, 0.15) is 21.5 Å². The zero-order valence-electron chi connectivity index (χ0n) is 20.6. The van der Waals surface area contributed by atoms with Crippen molar-refractivity contribution in [2.75, 3.05) is 19.5 Å². The van der Waals surface area contributed by atoms with Gasteiger partial charge in [-0.25, -0.2) is 4.68 Å². The molecule has 0 radical (unpaired) electrons. The molecule has 0 atom stereocenters. The second-order valence-electron chi connectivity index (χ2n) is 8.42. The molecule has 0 spiro atoms. The number of carbonyl (C=O) groups excluding carboxylic acids is 1. The number of aromatic nitrogens is 3. The Balaban J connectivity index is 1.46. The lowest BCUT2D eigenvalue weighted by Gasteiger charge is -2.11. The summed E-state index contributed by atoms with van der Waals surface area (Å²) in [7, 11) is 3.18. The van der Waals surface area contributed by atoms with Crippen LogP contribution in [0.2, 0.25) is 0 Å². The number of para-hydroxylation sites is 1. The first-order valence-electron chi connectivity index (χ1n) is 11.8. The van der Waals surface area contributed by atoms with Crippen LogP contribution in [0.25, 0.3) is 16.9 Å². The minimum atomic E-state index is -0.267. The van der Waals surface area contributed by atoms with Gasteiger partial charge >= 0.3 is 0 Å². The van der Waals surface area contributed by atoms with Crippen molar-refractivity contribution in [3.8, 4) is 28.4 Å². The normalized spacial score (nSPS) is 10.6. The summed E-state index contributed by atoms with van der Waals surface area (Å²) in [6.45, 7) is 0. The Kier molecular flexibility index (Phi) is 6.94. The summed E-state index contributed by atoms with van der Waals surface area (Å²) in [4.78, 5) is 17.6. The number of amides is 1. The van der Waals surface area contributed by atoms with Crippen LogP contribution in [0.4, 0.5) is 5.69 Å². The molecule has 0 unspecified atom stereocenters. The van der Waals surface area contributed by atoms with Crippen molar-refractivity contribution >= 4 is 11.6 Å². The minimum absolute atomic E-state index is 0.267. The lowest BCUT2D eigenvalue weighted by molar-refractivity contribution is 0.102. The van der Waals surface area contributed by atoms with Gasteiger partial charge in [0.1, 0.15) is 17.2 Å². The van der Waals surface area contributed by atoms with Gasteiger partial charge in [0.2, 0.25) is 0 Å². The van der Waals surface area contributed by atoms with Crippen LogP contribution >= 0.6 is 0 Å². The van der Waals surface area contributed by atoms with Gasteiger partial charge < -0.3 is 14.8 Å². The lowest BCUT2D eigenvalue weighted by Crippen LogP contribution is -2.12. The summed E-state index contributed by atoms with van der Waals surface area (Å²) in [5, 5.41) is 7.78. The molecular formula is C30H26N4O3. The molecule has 5 aromatic rings. The number of pyridine rings is 1. The summed E-state index contributed by atoms with van der Waals surface area (Å²) < 4.78 is 12.6. The van der Waals surface area contributed by atoms with Gasteiger partial charge in [0, 0.05) is 35.9 Å². The van der Waals surface area contributed by atoms with Crippen LogP contribution in [-0.2, 0) is 6.42 Å². The Morgan fingerprint density at radius 2 is 1.59 bits per heavy atom. The molecule has 0 saturated carbocycles. The molecular weight excluding hydrogens is 464 g/mol. The van der Waals surface area contributed by atoms with E-state index in [1.807, 2.05) is 78.9 Å². The van der Waals surface area contributed by atoms with Gasteiger partial charge in [-0.3, -0.25) is 9.78 Å². The largest absolute Gasteiger partial charge is 0.497 e. The Hall–Kier alpha value is -4.91. The fraction of sp³-hybridized carbons (Fsp3) is 0.100. The van der Waals surface area contributed by atoms with Crippen LogP contribution in [-0.4, -0.2) is 34.9 Å². The first kappa shape index (κ1) is 23.8. The fourth-order valence-electron chi connectivity index (χ4n) is 4.09. The van der Waals surface area contributed by atoms with Gasteiger partial charge in [0.05, 0.1) is 25.5 Å². The van der Waals surface area contributed by atoms with Crippen molar-refractivity contribution in [3.63, 3.8) is 0 Å². The number of anilines is 1. The van der Waals surface area contributed by atoms with Gasteiger partial charge in [-0.15, -0.1) is 0 Å². The van der Waals surface area contributed by atoms with Crippen LogP contribution in [0.15, 0.2) is 104 Å². The van der Waals surface area contributed by atoms with E-state index in [0.717, 1.165) is 17.7 Å². The zero-order chi connectivity index (χ0) is 25.6. The number of nitrogens with zero attached hydrogens (tertiary/aromatic N) is 3. The van der Waals surface area contributed by atoms with Crippen LogP contribution in [0.3, 0.4) is 0 Å². The highest BCUT2D eigenvalue weighted by Gasteiger charge is 2.22. The van der Waals surface area contributed by atoms with Gasteiger partial charge in [0.25, 0.3) is 5.91 Å². The van der Waals surface area contributed by atoms with Crippen LogP contribution in [0, 0.1) is 0 Å². The maximum Gasteiger partial charge on any atom is 0.259 e. The van der Waals surface area contributed by atoms with E-state index in [2.05, 4.69) is 10.3 Å². The average molecular weight is 491 g/mol. The lowest BCUT2D eigenvalue weighted by atomic mass is 10.0. The highest BCUT2D eigenvalue weighted by molar-refractivity contribution is 6.08. The van der Waals surface area contributed by atoms with Gasteiger partial charge in [-0.2, -0.15) is 5.10 Å². The quantitative estimate of drug-likeness (QED) is 0.298. The summed E-state index contributed by atoms with van der Waals surface area (Å²) >= 11 is 0. The number of rotatable bonds is 8. The highest BCUT2D eigenvalue weighted by Crippen LogP contribution is 2.35. The molecule has 0 aliphatic rings. The number of carbonyl (C=O) groups is 1. The highest BCUT2D eigenvalue weighted by atomic mass is 16.5. The van der Waals surface area contributed by atoms with Crippen molar-refractivity contribution in [1.29, 1.82) is 0 Å². The summed E-state index contributed by atoms with van der Waals surface area (Å²) in [5.41, 5.74) is 5.49.